The number of carbonyl (C=O) groups excluding carboxylic acids is 1. The van der Waals surface area contributed by atoms with Crippen molar-refractivity contribution >= 4 is 5.78 Å². The minimum atomic E-state index is 0.0836. The summed E-state index contributed by atoms with van der Waals surface area (Å²) in [6, 6.07) is 0. The van der Waals surface area contributed by atoms with Gasteiger partial charge < -0.3 is 4.74 Å². The predicted octanol–water partition coefficient (Wildman–Crippen LogP) is 4.12. The van der Waals surface area contributed by atoms with Crippen molar-refractivity contribution in [1.82, 2.24) is 0 Å². The summed E-state index contributed by atoms with van der Waals surface area (Å²) in [5.41, 5.74) is 0.353. The van der Waals surface area contributed by atoms with Crippen LogP contribution >= 0.6 is 0 Å². The highest BCUT2D eigenvalue weighted by Crippen LogP contribution is 2.42. The van der Waals surface area contributed by atoms with Gasteiger partial charge in [0.05, 0.1) is 5.60 Å². The number of hydrogen-bond donors (Lipinski definition) is 0. The fourth-order valence-electron chi connectivity index (χ4n) is 3.37. The van der Waals surface area contributed by atoms with Crippen LogP contribution in [0.1, 0.15) is 72.1 Å². The lowest BCUT2D eigenvalue weighted by atomic mass is 9.79. The summed E-state index contributed by atoms with van der Waals surface area (Å²) >= 11 is 0. The van der Waals surface area contributed by atoms with E-state index in [9.17, 15) is 4.79 Å². The van der Waals surface area contributed by atoms with Crippen LogP contribution in [0.2, 0.25) is 0 Å². The molecule has 2 aliphatic rings. The van der Waals surface area contributed by atoms with Crippen molar-refractivity contribution in [3.63, 3.8) is 0 Å². The highest BCUT2D eigenvalue weighted by Gasteiger charge is 2.41. The number of Topliss-reactive ketones (excluding diaryl/α,β-unsaturated/α-hetero) is 1. The summed E-state index contributed by atoms with van der Waals surface area (Å²) in [5, 5.41) is 0. The van der Waals surface area contributed by atoms with E-state index >= 15 is 0 Å². The topological polar surface area (TPSA) is 26.3 Å². The average molecular weight is 252 g/mol. The van der Waals surface area contributed by atoms with Crippen LogP contribution in [0.5, 0.6) is 0 Å². The zero-order valence-electron chi connectivity index (χ0n) is 12.3. The van der Waals surface area contributed by atoms with E-state index in [1.54, 1.807) is 0 Å². The van der Waals surface area contributed by atoms with Crippen LogP contribution < -0.4 is 0 Å². The quantitative estimate of drug-likeness (QED) is 0.755. The van der Waals surface area contributed by atoms with Crippen LogP contribution in [0.25, 0.3) is 0 Å². The molecule has 1 saturated heterocycles. The lowest BCUT2D eigenvalue weighted by molar-refractivity contribution is -0.136. The molecule has 0 bridgehead atoms. The molecule has 0 aromatic rings. The lowest BCUT2D eigenvalue weighted by Gasteiger charge is -2.38. The van der Waals surface area contributed by atoms with Gasteiger partial charge in [-0.3, -0.25) is 4.79 Å². The van der Waals surface area contributed by atoms with E-state index in [0.717, 1.165) is 32.3 Å². The molecule has 0 aromatic heterocycles. The third-order valence-electron chi connectivity index (χ3n) is 4.58. The highest BCUT2D eigenvalue weighted by atomic mass is 16.5. The second kappa shape index (κ2) is 5.32. The van der Waals surface area contributed by atoms with Gasteiger partial charge in [0.25, 0.3) is 0 Å². The number of rotatable bonds is 3. The summed E-state index contributed by atoms with van der Waals surface area (Å²) in [6.45, 7) is 7.43. The first kappa shape index (κ1) is 14.0. The molecule has 1 aliphatic heterocycles. The van der Waals surface area contributed by atoms with Gasteiger partial charge in [0.15, 0.2) is 0 Å². The van der Waals surface area contributed by atoms with E-state index in [1.807, 2.05) is 0 Å². The standard InChI is InChI=1S/C16H28O2/c1-15(2,3)10-6-14(17)13-7-11-18-16(12-13)8-4-5-9-16/h13H,4-12H2,1-3H3. The van der Waals surface area contributed by atoms with Crippen molar-refractivity contribution in [2.45, 2.75) is 77.7 Å². The Morgan fingerprint density at radius 3 is 2.56 bits per heavy atom. The van der Waals surface area contributed by atoms with Crippen LogP contribution in [-0.2, 0) is 9.53 Å². The minimum Gasteiger partial charge on any atom is -0.375 e. The van der Waals surface area contributed by atoms with Crippen molar-refractivity contribution in [2.24, 2.45) is 11.3 Å². The molecule has 1 saturated carbocycles. The molecule has 0 aromatic carbocycles. The number of hydrogen-bond acceptors (Lipinski definition) is 2. The van der Waals surface area contributed by atoms with E-state index < -0.39 is 0 Å². The Bertz CT molecular complexity index is 295. The molecule has 0 amide bonds. The fraction of sp³-hybridized carbons (Fsp3) is 0.938. The van der Waals surface area contributed by atoms with Gasteiger partial charge in [0, 0.05) is 18.9 Å². The highest BCUT2D eigenvalue weighted by molar-refractivity contribution is 5.81. The Morgan fingerprint density at radius 2 is 1.94 bits per heavy atom. The van der Waals surface area contributed by atoms with Gasteiger partial charge in [-0.25, -0.2) is 0 Å². The van der Waals surface area contributed by atoms with Gasteiger partial charge in [-0.2, -0.15) is 0 Å². The summed E-state index contributed by atoms with van der Waals surface area (Å²) < 4.78 is 6.00. The maximum atomic E-state index is 12.3. The van der Waals surface area contributed by atoms with Crippen molar-refractivity contribution in [3.05, 3.63) is 0 Å². The molecule has 104 valence electrons. The van der Waals surface area contributed by atoms with E-state index in [4.69, 9.17) is 4.74 Å². The fourth-order valence-corrected chi connectivity index (χ4v) is 3.37. The van der Waals surface area contributed by atoms with E-state index in [0.29, 0.717) is 5.78 Å². The minimum absolute atomic E-state index is 0.0836. The first-order valence-corrected chi connectivity index (χ1v) is 7.57. The van der Waals surface area contributed by atoms with E-state index in [1.165, 1.54) is 25.7 Å². The van der Waals surface area contributed by atoms with Crippen LogP contribution in [0.4, 0.5) is 0 Å². The van der Waals surface area contributed by atoms with E-state index in [2.05, 4.69) is 20.8 Å². The van der Waals surface area contributed by atoms with Crippen LogP contribution in [0.3, 0.4) is 0 Å². The predicted molar refractivity (Wildman–Crippen MR) is 73.6 cm³/mol. The SMILES string of the molecule is CC(C)(C)CCC(=O)C1CCOC2(CCCC2)C1. The van der Waals surface area contributed by atoms with Crippen LogP contribution in [0.15, 0.2) is 0 Å². The molecule has 1 spiro atoms. The molecule has 1 heterocycles. The maximum Gasteiger partial charge on any atom is 0.136 e. The lowest BCUT2D eigenvalue weighted by Crippen LogP contribution is -2.39. The van der Waals surface area contributed by atoms with E-state index in [-0.39, 0.29) is 16.9 Å². The van der Waals surface area contributed by atoms with Gasteiger partial charge in [-0.05, 0) is 37.5 Å². The van der Waals surface area contributed by atoms with Gasteiger partial charge in [0.2, 0.25) is 0 Å². The van der Waals surface area contributed by atoms with Gasteiger partial charge in [-0.15, -0.1) is 0 Å². The Kier molecular flexibility index (Phi) is 4.15. The van der Waals surface area contributed by atoms with Gasteiger partial charge >= 0.3 is 0 Å². The molecule has 0 radical (unpaired) electrons. The first-order valence-electron chi connectivity index (χ1n) is 7.57. The molecule has 18 heavy (non-hydrogen) atoms. The second-order valence-corrected chi connectivity index (χ2v) is 7.46. The molecule has 2 fully saturated rings. The summed E-state index contributed by atoms with van der Waals surface area (Å²) in [5.74, 6) is 0.763. The molecule has 2 heteroatoms. The molecular formula is C16H28O2. The van der Waals surface area contributed by atoms with Crippen molar-refractivity contribution in [3.8, 4) is 0 Å². The van der Waals surface area contributed by atoms with Crippen molar-refractivity contribution in [1.29, 1.82) is 0 Å². The third kappa shape index (κ3) is 3.57. The second-order valence-electron chi connectivity index (χ2n) is 7.46. The Labute approximate surface area is 111 Å². The van der Waals surface area contributed by atoms with Gasteiger partial charge in [0.1, 0.15) is 5.78 Å². The summed E-state index contributed by atoms with van der Waals surface area (Å²) in [4.78, 5) is 12.3. The van der Waals surface area contributed by atoms with Gasteiger partial charge in [-0.1, -0.05) is 33.6 Å². The normalized spacial score (nSPS) is 27.6. The monoisotopic (exact) mass is 252 g/mol. The molecule has 1 unspecified atom stereocenters. The van der Waals surface area contributed by atoms with Crippen molar-refractivity contribution in [2.75, 3.05) is 6.61 Å². The zero-order chi connectivity index (χ0) is 13.2. The number of ether oxygens (including phenoxy) is 1. The largest absolute Gasteiger partial charge is 0.375 e. The number of carbonyl (C=O) groups is 1. The molecule has 1 aliphatic carbocycles. The Balaban J connectivity index is 1.86. The molecule has 1 atom stereocenters. The first-order chi connectivity index (χ1) is 8.40. The Morgan fingerprint density at radius 1 is 1.28 bits per heavy atom. The van der Waals surface area contributed by atoms with Crippen LogP contribution in [0, 0.1) is 11.3 Å². The molecule has 0 N–H and O–H groups in total. The summed E-state index contributed by atoms with van der Waals surface area (Å²) in [6.07, 6.45) is 8.62. The smallest absolute Gasteiger partial charge is 0.136 e. The average Bonchev–Trinajstić information content (AvgIpc) is 2.73. The zero-order valence-corrected chi connectivity index (χ0v) is 12.3. The van der Waals surface area contributed by atoms with Crippen LogP contribution in [-0.4, -0.2) is 18.0 Å². The third-order valence-corrected chi connectivity index (χ3v) is 4.58. The molecule has 2 nitrogen and oxygen atoms in total. The number of ketones is 1. The molecular weight excluding hydrogens is 224 g/mol. The Hall–Kier alpha value is -0.370. The molecule has 2 rings (SSSR count). The van der Waals surface area contributed by atoms with Crippen molar-refractivity contribution < 1.29 is 9.53 Å². The maximum absolute atomic E-state index is 12.3. The summed E-state index contributed by atoms with van der Waals surface area (Å²) in [7, 11) is 0.